The van der Waals surface area contributed by atoms with Crippen LogP contribution < -0.4 is 5.73 Å². The van der Waals surface area contributed by atoms with E-state index in [1.807, 2.05) is 6.92 Å². The number of hydrogen-bond donors (Lipinski definition) is 2. The molecule has 12 heteroatoms. The average molecular weight is 399 g/mol. The Balaban J connectivity index is 1.80. The maximum atomic E-state index is 11.3. The summed E-state index contributed by atoms with van der Waals surface area (Å²) in [5.74, 6) is 0.304. The Morgan fingerprint density at radius 3 is 2.71 bits per heavy atom. The van der Waals surface area contributed by atoms with Gasteiger partial charge in [0.15, 0.2) is 24.5 Å². The highest BCUT2D eigenvalue weighted by Gasteiger charge is 2.16. The number of imidazole rings is 1. The van der Waals surface area contributed by atoms with Gasteiger partial charge in [0.2, 0.25) is 0 Å². The number of nitrogens with zero attached hydrogens (tertiary/aromatic N) is 4. The van der Waals surface area contributed by atoms with Crippen LogP contribution >= 0.6 is 0 Å². The van der Waals surface area contributed by atoms with Crippen LogP contribution in [0.4, 0.5) is 10.6 Å². The summed E-state index contributed by atoms with van der Waals surface area (Å²) in [6.45, 7) is 4.67. The molecule has 2 aromatic rings. The van der Waals surface area contributed by atoms with Gasteiger partial charge in [-0.3, -0.25) is 0 Å². The number of fused-ring (bicyclic) bond motifs is 1. The van der Waals surface area contributed by atoms with Crippen molar-refractivity contribution < 1.29 is 33.6 Å². The van der Waals surface area contributed by atoms with E-state index in [1.54, 1.807) is 24.7 Å². The normalized spacial score (nSPS) is 13.6. The van der Waals surface area contributed by atoms with E-state index in [1.165, 1.54) is 6.33 Å². The average Bonchev–Trinajstić information content (AvgIpc) is 3.03. The Kier molecular flexibility index (Phi) is 8.32. The smallest absolute Gasteiger partial charge is 0.432 e. The summed E-state index contributed by atoms with van der Waals surface area (Å²) in [5.41, 5.74) is 6.88. The van der Waals surface area contributed by atoms with Crippen LogP contribution in [-0.2, 0) is 30.2 Å². The van der Waals surface area contributed by atoms with Gasteiger partial charge in [-0.2, -0.15) is 0 Å². The number of rotatable bonds is 11. The SMILES string of the molecule is CC(C)OC(=O)OCOC(COC(C)Cn1cnc2c(N)ncnc21)OCO. The van der Waals surface area contributed by atoms with Crippen LogP contribution in [0.1, 0.15) is 20.8 Å². The molecule has 0 aromatic carbocycles. The van der Waals surface area contributed by atoms with Crippen molar-refractivity contribution in [2.24, 2.45) is 0 Å². The van der Waals surface area contributed by atoms with E-state index in [2.05, 4.69) is 15.0 Å². The van der Waals surface area contributed by atoms with Gasteiger partial charge >= 0.3 is 6.16 Å². The molecule has 12 nitrogen and oxygen atoms in total. The third-order valence-electron chi connectivity index (χ3n) is 3.42. The highest BCUT2D eigenvalue weighted by Crippen LogP contribution is 2.15. The predicted molar refractivity (Wildman–Crippen MR) is 95.8 cm³/mol. The van der Waals surface area contributed by atoms with Crippen molar-refractivity contribution >= 4 is 23.1 Å². The molecule has 2 rings (SSSR count). The molecule has 0 radical (unpaired) electrons. The first-order chi connectivity index (χ1) is 13.4. The van der Waals surface area contributed by atoms with Crippen molar-refractivity contribution in [2.45, 2.75) is 45.8 Å². The van der Waals surface area contributed by atoms with Crippen LogP contribution in [-0.4, -0.2) is 69.5 Å². The molecule has 2 heterocycles. The molecule has 0 bridgehead atoms. The van der Waals surface area contributed by atoms with Gasteiger partial charge in [0, 0.05) is 0 Å². The molecule has 2 unspecified atom stereocenters. The van der Waals surface area contributed by atoms with Gasteiger partial charge in [-0.1, -0.05) is 0 Å². The van der Waals surface area contributed by atoms with E-state index in [0.717, 1.165) is 0 Å². The summed E-state index contributed by atoms with van der Waals surface area (Å²) in [6.07, 6.45) is 0.596. The minimum Gasteiger partial charge on any atom is -0.432 e. The molecule has 3 N–H and O–H groups in total. The number of aliphatic hydroxyl groups is 1. The number of ether oxygens (including phenoxy) is 5. The molecule has 0 saturated carbocycles. The van der Waals surface area contributed by atoms with Crippen LogP contribution in [0.2, 0.25) is 0 Å². The summed E-state index contributed by atoms with van der Waals surface area (Å²) in [7, 11) is 0. The van der Waals surface area contributed by atoms with Gasteiger partial charge in [0.25, 0.3) is 0 Å². The monoisotopic (exact) mass is 399 g/mol. The van der Waals surface area contributed by atoms with Crippen LogP contribution in [0.25, 0.3) is 11.2 Å². The number of aliphatic hydroxyl groups excluding tert-OH is 1. The van der Waals surface area contributed by atoms with Gasteiger partial charge in [0.05, 0.1) is 31.7 Å². The second-order valence-electron chi connectivity index (χ2n) is 6.04. The minimum absolute atomic E-state index is 0.00589. The van der Waals surface area contributed by atoms with E-state index in [0.29, 0.717) is 23.5 Å². The number of aromatic nitrogens is 4. The highest BCUT2D eigenvalue weighted by molar-refractivity contribution is 5.81. The standard InChI is InChI=1S/C16H25N5O7/c1-10(2)28-16(23)27-9-26-12(25-8-22)5-24-11(3)4-21-7-20-13-14(17)18-6-19-15(13)21/h6-7,10-12,22H,4-5,8-9H2,1-3H3,(H2,17,18,19). The molecule has 0 aliphatic heterocycles. The van der Waals surface area contributed by atoms with Gasteiger partial charge < -0.3 is 39.1 Å². The van der Waals surface area contributed by atoms with Crippen molar-refractivity contribution in [2.75, 3.05) is 25.9 Å². The maximum absolute atomic E-state index is 11.3. The van der Waals surface area contributed by atoms with Gasteiger partial charge in [-0.25, -0.2) is 19.7 Å². The Labute approximate surface area is 161 Å². The molecule has 28 heavy (non-hydrogen) atoms. The van der Waals surface area contributed by atoms with Crippen LogP contribution in [0.5, 0.6) is 0 Å². The van der Waals surface area contributed by atoms with Gasteiger partial charge in [-0.15, -0.1) is 0 Å². The maximum Gasteiger partial charge on any atom is 0.510 e. The Morgan fingerprint density at radius 2 is 2.00 bits per heavy atom. The van der Waals surface area contributed by atoms with Crippen molar-refractivity contribution in [1.82, 2.24) is 19.5 Å². The molecule has 0 fully saturated rings. The van der Waals surface area contributed by atoms with Crippen molar-refractivity contribution in [3.8, 4) is 0 Å². The number of hydrogen-bond acceptors (Lipinski definition) is 11. The van der Waals surface area contributed by atoms with Crippen LogP contribution in [0, 0.1) is 0 Å². The zero-order valence-corrected chi connectivity index (χ0v) is 16.0. The first kappa shape index (κ1) is 21.8. The number of carbonyl (C=O) groups excluding carboxylic acids is 1. The van der Waals surface area contributed by atoms with Crippen LogP contribution in [0.3, 0.4) is 0 Å². The quantitative estimate of drug-likeness (QED) is 0.404. The third-order valence-corrected chi connectivity index (χ3v) is 3.42. The lowest BCUT2D eigenvalue weighted by Gasteiger charge is -2.20. The minimum atomic E-state index is -0.934. The highest BCUT2D eigenvalue weighted by atomic mass is 16.8. The Bertz CT molecular complexity index is 754. The Hall–Kier alpha value is -2.54. The zero-order chi connectivity index (χ0) is 20.5. The molecule has 0 aliphatic carbocycles. The topological polar surface area (TPSA) is 153 Å². The van der Waals surface area contributed by atoms with E-state index in [-0.39, 0.29) is 18.8 Å². The lowest BCUT2D eigenvalue weighted by atomic mass is 10.4. The fraction of sp³-hybridized carbons (Fsp3) is 0.625. The summed E-state index contributed by atoms with van der Waals surface area (Å²) in [4.78, 5) is 23.5. The van der Waals surface area contributed by atoms with E-state index >= 15 is 0 Å². The van der Waals surface area contributed by atoms with Gasteiger partial charge in [0.1, 0.15) is 18.6 Å². The first-order valence-electron chi connectivity index (χ1n) is 8.61. The molecular weight excluding hydrogens is 374 g/mol. The fourth-order valence-corrected chi connectivity index (χ4v) is 2.22. The Morgan fingerprint density at radius 1 is 1.21 bits per heavy atom. The molecule has 0 saturated heterocycles. The second kappa shape index (κ2) is 10.7. The summed E-state index contributed by atoms with van der Waals surface area (Å²) >= 11 is 0. The van der Waals surface area contributed by atoms with E-state index < -0.39 is 26.0 Å². The predicted octanol–water partition coefficient (Wildman–Crippen LogP) is 0.642. The fourth-order valence-electron chi connectivity index (χ4n) is 2.22. The second-order valence-corrected chi connectivity index (χ2v) is 6.04. The van der Waals surface area contributed by atoms with Crippen molar-refractivity contribution in [3.05, 3.63) is 12.7 Å². The summed E-state index contributed by atoms with van der Waals surface area (Å²) in [6, 6.07) is 0. The molecule has 0 aliphatic rings. The zero-order valence-electron chi connectivity index (χ0n) is 16.0. The van der Waals surface area contributed by atoms with Crippen molar-refractivity contribution in [3.63, 3.8) is 0 Å². The van der Waals surface area contributed by atoms with E-state index in [9.17, 15) is 4.79 Å². The molecule has 156 valence electrons. The summed E-state index contributed by atoms with van der Waals surface area (Å²) in [5, 5.41) is 8.95. The molecule has 0 amide bonds. The lowest BCUT2D eigenvalue weighted by molar-refractivity contribution is -0.235. The number of anilines is 1. The largest absolute Gasteiger partial charge is 0.510 e. The lowest BCUT2D eigenvalue weighted by Crippen LogP contribution is -2.29. The van der Waals surface area contributed by atoms with Gasteiger partial charge in [-0.05, 0) is 20.8 Å². The van der Waals surface area contributed by atoms with Crippen molar-refractivity contribution in [1.29, 1.82) is 0 Å². The third kappa shape index (κ3) is 6.56. The first-order valence-corrected chi connectivity index (χ1v) is 8.61. The molecule has 2 atom stereocenters. The number of nitrogen functional groups attached to an aromatic ring is 1. The molecule has 0 spiro atoms. The molecule has 2 aromatic heterocycles. The van der Waals surface area contributed by atoms with Crippen LogP contribution in [0.15, 0.2) is 12.7 Å². The number of nitrogens with two attached hydrogens (primary N) is 1. The molecular formula is C16H25N5O7. The van der Waals surface area contributed by atoms with E-state index in [4.69, 9.17) is 34.5 Å². The number of carbonyl (C=O) groups is 1. The summed E-state index contributed by atoms with van der Waals surface area (Å²) < 4.78 is 27.2.